The predicted molar refractivity (Wildman–Crippen MR) is 80.0 cm³/mol. The van der Waals surface area contributed by atoms with Crippen LogP contribution in [0.3, 0.4) is 0 Å². The first-order chi connectivity index (χ1) is 11.3. The average molecular weight is 363 g/mol. The Hall–Kier alpha value is -2.03. The molecule has 1 fully saturated rings. The Balaban J connectivity index is 1.70. The Morgan fingerprint density at radius 2 is 2.08 bits per heavy atom. The number of ether oxygens (including phenoxy) is 1. The van der Waals surface area contributed by atoms with E-state index in [0.717, 1.165) is 5.56 Å². The molecule has 1 N–H and O–H groups in total. The number of alkyl halides is 3. The van der Waals surface area contributed by atoms with Crippen molar-refractivity contribution >= 4 is 28.7 Å². The van der Waals surface area contributed by atoms with Crippen LogP contribution in [-0.2, 0) is 0 Å². The molecule has 3 heterocycles. The molecule has 2 aromatic heterocycles. The Morgan fingerprint density at radius 1 is 1.42 bits per heavy atom. The summed E-state index contributed by atoms with van der Waals surface area (Å²) in [7, 11) is 0. The summed E-state index contributed by atoms with van der Waals surface area (Å²) in [5, 5.41) is 7.29. The van der Waals surface area contributed by atoms with Gasteiger partial charge >= 0.3 is 12.3 Å². The number of nitrogens with one attached hydrogen (secondary N) is 1. The van der Waals surface area contributed by atoms with Crippen molar-refractivity contribution in [1.82, 2.24) is 20.1 Å². The maximum absolute atomic E-state index is 12.7. The van der Waals surface area contributed by atoms with Crippen LogP contribution in [0.5, 0.6) is 5.88 Å². The van der Waals surface area contributed by atoms with Gasteiger partial charge in [0, 0.05) is 13.1 Å². The second-order valence-electron chi connectivity index (χ2n) is 5.69. The molecule has 130 valence electrons. The van der Waals surface area contributed by atoms with Crippen molar-refractivity contribution in [1.29, 1.82) is 0 Å². The van der Waals surface area contributed by atoms with E-state index in [2.05, 4.69) is 15.2 Å². The Bertz CT molecular complexity index is 769. The molecule has 2 aromatic rings. The third kappa shape index (κ3) is 3.26. The van der Waals surface area contributed by atoms with Crippen molar-refractivity contribution in [3.05, 3.63) is 16.8 Å². The lowest BCUT2D eigenvalue weighted by Gasteiger charge is -2.31. The van der Waals surface area contributed by atoms with E-state index in [4.69, 9.17) is 16.3 Å². The lowest BCUT2D eigenvalue weighted by atomic mass is 9.97. The van der Waals surface area contributed by atoms with Gasteiger partial charge in [-0.05, 0) is 31.4 Å². The number of aromatic amines is 1. The number of amides is 1. The van der Waals surface area contributed by atoms with Gasteiger partial charge in [-0.1, -0.05) is 11.6 Å². The highest BCUT2D eigenvalue weighted by atomic mass is 35.5. The molecule has 1 aliphatic rings. The van der Waals surface area contributed by atoms with Gasteiger partial charge in [0.15, 0.2) is 5.65 Å². The van der Waals surface area contributed by atoms with Crippen LogP contribution >= 0.6 is 11.6 Å². The van der Waals surface area contributed by atoms with Crippen LogP contribution < -0.4 is 4.74 Å². The van der Waals surface area contributed by atoms with Gasteiger partial charge in [-0.25, -0.2) is 9.78 Å². The largest absolute Gasteiger partial charge is 0.416 e. The number of piperidine rings is 1. The number of likely N-dealkylation sites (tertiary alicyclic amines) is 1. The standard InChI is InChI=1S/C14H14ClF3N4O2/c1-7-6-9(15)19-11-10(7)12(21-20-11)24-13(23)22-4-2-8(3-5-22)14(16,17)18/h6,8H,2-5H2,1H3,(H,19,20,21). The number of H-pyrrole nitrogens is 1. The molecule has 10 heteroatoms. The fraction of sp³-hybridized carbons (Fsp3) is 0.500. The fourth-order valence-corrected chi connectivity index (χ4v) is 3.00. The lowest BCUT2D eigenvalue weighted by molar-refractivity contribution is -0.183. The monoisotopic (exact) mass is 362 g/mol. The number of carbonyl (C=O) groups is 1. The molecule has 0 radical (unpaired) electrons. The first-order valence-corrected chi connectivity index (χ1v) is 7.68. The Labute approximate surface area is 139 Å². The number of nitrogens with zero attached hydrogens (tertiary/aromatic N) is 3. The topological polar surface area (TPSA) is 71.1 Å². The molecule has 0 unspecified atom stereocenters. The molecule has 0 saturated carbocycles. The molecule has 1 aliphatic heterocycles. The van der Waals surface area contributed by atoms with Gasteiger partial charge in [-0.2, -0.15) is 13.2 Å². The molecule has 1 amide bonds. The maximum atomic E-state index is 12.7. The van der Waals surface area contributed by atoms with Gasteiger partial charge in [0.1, 0.15) is 5.15 Å². The lowest BCUT2D eigenvalue weighted by Crippen LogP contribution is -2.43. The number of aryl methyl sites for hydroxylation is 1. The highest BCUT2D eigenvalue weighted by molar-refractivity contribution is 6.29. The minimum absolute atomic E-state index is 0.00553. The zero-order chi connectivity index (χ0) is 17.5. The van der Waals surface area contributed by atoms with Crippen molar-refractivity contribution in [2.75, 3.05) is 13.1 Å². The van der Waals surface area contributed by atoms with Gasteiger partial charge in [0.2, 0.25) is 0 Å². The van der Waals surface area contributed by atoms with E-state index >= 15 is 0 Å². The van der Waals surface area contributed by atoms with E-state index in [1.54, 1.807) is 13.0 Å². The number of halogens is 4. The predicted octanol–water partition coefficient (Wildman–Crippen LogP) is 3.69. The SMILES string of the molecule is Cc1cc(Cl)nc2[nH]nc(OC(=O)N3CCC(C(F)(F)F)CC3)c12. The van der Waals surface area contributed by atoms with Gasteiger partial charge in [-0.3, -0.25) is 5.10 Å². The molecule has 6 nitrogen and oxygen atoms in total. The van der Waals surface area contributed by atoms with Crippen LogP contribution in [0.2, 0.25) is 5.15 Å². The molecule has 3 rings (SSSR count). The van der Waals surface area contributed by atoms with Crippen LogP contribution in [0, 0.1) is 12.8 Å². The van der Waals surface area contributed by atoms with Crippen molar-refractivity contribution in [3.8, 4) is 5.88 Å². The number of aromatic nitrogens is 3. The van der Waals surface area contributed by atoms with Gasteiger partial charge < -0.3 is 9.64 Å². The number of rotatable bonds is 1. The summed E-state index contributed by atoms with van der Waals surface area (Å²) in [6.45, 7) is 1.75. The first kappa shape index (κ1) is 16.8. The van der Waals surface area contributed by atoms with Crippen molar-refractivity contribution in [2.45, 2.75) is 25.9 Å². The highest BCUT2D eigenvalue weighted by Gasteiger charge is 2.42. The molecular formula is C14H14ClF3N4O2. The van der Waals surface area contributed by atoms with Gasteiger partial charge in [-0.15, -0.1) is 5.10 Å². The summed E-state index contributed by atoms with van der Waals surface area (Å²) in [5.41, 5.74) is 1.09. The third-order valence-electron chi connectivity index (χ3n) is 4.06. The summed E-state index contributed by atoms with van der Waals surface area (Å²) in [6.07, 6.45) is -5.21. The fourth-order valence-electron chi connectivity index (χ4n) is 2.75. The molecule has 0 aliphatic carbocycles. The third-order valence-corrected chi connectivity index (χ3v) is 4.26. The molecule has 0 spiro atoms. The summed E-state index contributed by atoms with van der Waals surface area (Å²) >= 11 is 5.84. The number of hydrogen-bond acceptors (Lipinski definition) is 4. The molecule has 0 atom stereocenters. The van der Waals surface area contributed by atoms with E-state index < -0.39 is 18.2 Å². The van der Waals surface area contributed by atoms with Crippen molar-refractivity contribution in [2.24, 2.45) is 5.92 Å². The Kier molecular flexibility index (Phi) is 4.29. The van der Waals surface area contributed by atoms with E-state index in [9.17, 15) is 18.0 Å². The summed E-state index contributed by atoms with van der Waals surface area (Å²) < 4.78 is 43.2. The van der Waals surface area contributed by atoms with E-state index in [1.807, 2.05) is 0 Å². The van der Waals surface area contributed by atoms with Gasteiger partial charge in [0.25, 0.3) is 5.88 Å². The van der Waals surface area contributed by atoms with Crippen LogP contribution in [0.4, 0.5) is 18.0 Å². The number of carbonyl (C=O) groups excluding carboxylic acids is 1. The van der Waals surface area contributed by atoms with Crippen LogP contribution in [-0.4, -0.2) is 45.4 Å². The quantitative estimate of drug-likeness (QED) is 0.785. The number of hydrogen-bond donors (Lipinski definition) is 1. The van der Waals surface area contributed by atoms with Crippen molar-refractivity contribution in [3.63, 3.8) is 0 Å². The molecule has 0 aromatic carbocycles. The summed E-state index contributed by atoms with van der Waals surface area (Å²) in [5.74, 6) is -1.34. The Morgan fingerprint density at radius 3 is 2.71 bits per heavy atom. The second kappa shape index (κ2) is 6.12. The minimum atomic E-state index is -4.23. The summed E-state index contributed by atoms with van der Waals surface area (Å²) in [6, 6.07) is 1.60. The first-order valence-electron chi connectivity index (χ1n) is 7.30. The van der Waals surface area contributed by atoms with Crippen LogP contribution in [0.1, 0.15) is 18.4 Å². The molecule has 24 heavy (non-hydrogen) atoms. The van der Waals surface area contributed by atoms with Crippen LogP contribution in [0.25, 0.3) is 11.0 Å². The summed E-state index contributed by atoms with van der Waals surface area (Å²) in [4.78, 5) is 17.4. The van der Waals surface area contributed by atoms with Gasteiger partial charge in [0.05, 0.1) is 11.3 Å². The average Bonchev–Trinajstić information content (AvgIpc) is 2.89. The molecular weight excluding hydrogens is 349 g/mol. The van der Waals surface area contributed by atoms with Crippen molar-refractivity contribution < 1.29 is 22.7 Å². The zero-order valence-electron chi connectivity index (χ0n) is 12.7. The smallest absolute Gasteiger partial charge is 0.389 e. The maximum Gasteiger partial charge on any atom is 0.416 e. The minimum Gasteiger partial charge on any atom is -0.389 e. The van der Waals surface area contributed by atoms with Crippen LogP contribution in [0.15, 0.2) is 6.07 Å². The second-order valence-corrected chi connectivity index (χ2v) is 6.07. The molecule has 1 saturated heterocycles. The molecule has 0 bridgehead atoms. The zero-order valence-corrected chi connectivity index (χ0v) is 13.4. The highest BCUT2D eigenvalue weighted by Crippen LogP contribution is 2.34. The van der Waals surface area contributed by atoms with E-state index in [-0.39, 0.29) is 37.0 Å². The number of fused-ring (bicyclic) bond motifs is 1. The number of pyridine rings is 1. The van der Waals surface area contributed by atoms with E-state index in [0.29, 0.717) is 11.0 Å². The normalized spacial score (nSPS) is 16.6. The van der Waals surface area contributed by atoms with E-state index in [1.165, 1.54) is 4.90 Å².